The normalized spacial score (nSPS) is 14.4. The Balaban J connectivity index is 1.57. The highest BCUT2D eigenvalue weighted by molar-refractivity contribution is 5.96. The molecule has 1 amide bonds. The molecule has 1 aliphatic rings. The zero-order valence-electron chi connectivity index (χ0n) is 24.0. The minimum absolute atomic E-state index is 0.0749. The predicted molar refractivity (Wildman–Crippen MR) is 150 cm³/mol. The summed E-state index contributed by atoms with van der Waals surface area (Å²) in [7, 11) is 1.72. The summed E-state index contributed by atoms with van der Waals surface area (Å²) in [4.78, 5) is 13.7. The van der Waals surface area contributed by atoms with Gasteiger partial charge in [0.1, 0.15) is 5.82 Å². The molecule has 2 heterocycles. The summed E-state index contributed by atoms with van der Waals surface area (Å²) >= 11 is 0. The summed E-state index contributed by atoms with van der Waals surface area (Å²) in [6.45, 7) is 5.94. The molecule has 4 aromatic rings. The van der Waals surface area contributed by atoms with E-state index in [1.54, 1.807) is 59.8 Å². The standard InChI is InChI=1S/C31H34F4N6O/c1-18(2)15-41-17-25(28(38-41)31(33,34)35)23-12-20(16-40-10-9-39(4)30(40)36)13-24(14-23)29(42)37-27(21-5-6-21)22-7-8-26(32)19(3)11-22/h7-14,17-18,21,27,36H,5-6,15-16H2,1-4H3,(H,37,42). The van der Waals surface area contributed by atoms with E-state index in [1.807, 2.05) is 13.8 Å². The monoisotopic (exact) mass is 582 g/mol. The van der Waals surface area contributed by atoms with Crippen LogP contribution in [-0.4, -0.2) is 24.8 Å². The van der Waals surface area contributed by atoms with Gasteiger partial charge in [0.15, 0.2) is 5.69 Å². The molecule has 1 aliphatic carbocycles. The molecule has 7 nitrogen and oxygen atoms in total. The van der Waals surface area contributed by atoms with Gasteiger partial charge >= 0.3 is 6.18 Å². The molecule has 1 saturated carbocycles. The van der Waals surface area contributed by atoms with Gasteiger partial charge in [-0.25, -0.2) is 4.39 Å². The van der Waals surface area contributed by atoms with Crippen molar-refractivity contribution in [3.8, 4) is 11.1 Å². The number of carbonyl (C=O) groups excluding carboxylic acids is 1. The lowest BCUT2D eigenvalue weighted by atomic mass is 9.97. The maximum Gasteiger partial charge on any atom is 0.435 e. The first-order valence-electron chi connectivity index (χ1n) is 13.9. The number of carbonyl (C=O) groups is 1. The van der Waals surface area contributed by atoms with Gasteiger partial charge in [0, 0.05) is 43.3 Å². The lowest BCUT2D eigenvalue weighted by Crippen LogP contribution is -2.30. The first kappa shape index (κ1) is 29.3. The van der Waals surface area contributed by atoms with Gasteiger partial charge < -0.3 is 14.5 Å². The largest absolute Gasteiger partial charge is 0.435 e. The Hall–Kier alpha value is -4.15. The number of rotatable bonds is 9. The van der Waals surface area contributed by atoms with Gasteiger partial charge in [0.25, 0.3) is 5.91 Å². The van der Waals surface area contributed by atoms with Crippen molar-refractivity contribution in [2.75, 3.05) is 0 Å². The van der Waals surface area contributed by atoms with Gasteiger partial charge in [-0.15, -0.1) is 0 Å². The Morgan fingerprint density at radius 2 is 1.88 bits per heavy atom. The van der Waals surface area contributed by atoms with Crippen LogP contribution in [0.5, 0.6) is 0 Å². The van der Waals surface area contributed by atoms with E-state index < -0.39 is 17.8 Å². The summed E-state index contributed by atoms with van der Waals surface area (Å²) in [5.41, 5.74) is 1.30. The summed E-state index contributed by atoms with van der Waals surface area (Å²) < 4.78 is 61.0. The van der Waals surface area contributed by atoms with E-state index >= 15 is 0 Å². The van der Waals surface area contributed by atoms with E-state index in [2.05, 4.69) is 10.4 Å². The van der Waals surface area contributed by atoms with Gasteiger partial charge in [0.2, 0.25) is 5.62 Å². The number of nitrogens with one attached hydrogen (secondary N) is 2. The molecule has 1 unspecified atom stereocenters. The number of nitrogens with zero attached hydrogens (tertiary/aromatic N) is 4. The zero-order valence-corrected chi connectivity index (χ0v) is 24.0. The molecule has 0 spiro atoms. The van der Waals surface area contributed by atoms with Crippen molar-refractivity contribution in [2.24, 2.45) is 18.9 Å². The lowest BCUT2D eigenvalue weighted by molar-refractivity contribution is -0.141. The second-order valence-electron chi connectivity index (χ2n) is 11.6. The highest BCUT2D eigenvalue weighted by atomic mass is 19.4. The van der Waals surface area contributed by atoms with Crippen LogP contribution < -0.4 is 10.9 Å². The number of aryl methyl sites for hydroxylation is 2. The van der Waals surface area contributed by atoms with Gasteiger partial charge in [-0.2, -0.15) is 18.3 Å². The fourth-order valence-corrected chi connectivity index (χ4v) is 5.22. The van der Waals surface area contributed by atoms with E-state index in [-0.39, 0.29) is 52.5 Å². The van der Waals surface area contributed by atoms with E-state index in [1.165, 1.54) is 23.0 Å². The Morgan fingerprint density at radius 1 is 1.14 bits per heavy atom. The molecule has 2 N–H and O–H groups in total. The van der Waals surface area contributed by atoms with Crippen LogP contribution in [0.25, 0.3) is 11.1 Å². The molecule has 222 valence electrons. The average molecular weight is 583 g/mol. The van der Waals surface area contributed by atoms with Gasteiger partial charge in [-0.3, -0.25) is 14.9 Å². The predicted octanol–water partition coefficient (Wildman–Crippen LogP) is 6.22. The Bertz CT molecular complexity index is 1680. The first-order chi connectivity index (χ1) is 19.8. The molecule has 1 atom stereocenters. The van der Waals surface area contributed by atoms with Gasteiger partial charge in [0.05, 0.1) is 12.6 Å². The van der Waals surface area contributed by atoms with Gasteiger partial charge in [-0.05, 0) is 78.1 Å². The third kappa shape index (κ3) is 6.34. The SMILES string of the molecule is Cc1cc(C(NC(=O)c2cc(Cn3ccn(C)c3=N)cc(-c3cn(CC(C)C)nc3C(F)(F)F)c2)C2CC2)ccc1F. The van der Waals surface area contributed by atoms with E-state index in [9.17, 15) is 22.4 Å². The molecule has 0 aliphatic heterocycles. The molecular formula is C31H34F4N6O. The second kappa shape index (κ2) is 11.3. The molecule has 5 rings (SSSR count). The van der Waals surface area contributed by atoms with Crippen molar-refractivity contribution in [1.82, 2.24) is 24.2 Å². The Labute approximate surface area is 241 Å². The van der Waals surface area contributed by atoms with Gasteiger partial charge in [-0.1, -0.05) is 26.0 Å². The van der Waals surface area contributed by atoms with Crippen molar-refractivity contribution in [1.29, 1.82) is 5.41 Å². The quantitative estimate of drug-likeness (QED) is 0.230. The van der Waals surface area contributed by atoms with Crippen LogP contribution in [0.1, 0.15) is 65.5 Å². The number of aromatic nitrogens is 4. The van der Waals surface area contributed by atoms with Crippen molar-refractivity contribution in [3.05, 3.63) is 94.4 Å². The van der Waals surface area contributed by atoms with E-state index in [0.717, 1.165) is 18.4 Å². The van der Waals surface area contributed by atoms with E-state index in [0.29, 0.717) is 17.7 Å². The number of amides is 1. The summed E-state index contributed by atoms with van der Waals surface area (Å²) in [5, 5.41) is 15.2. The number of alkyl halides is 3. The molecule has 0 radical (unpaired) electrons. The molecule has 11 heteroatoms. The minimum Gasteiger partial charge on any atom is -0.345 e. The number of imidazole rings is 1. The molecule has 0 saturated heterocycles. The first-order valence-corrected chi connectivity index (χ1v) is 13.9. The van der Waals surface area contributed by atoms with Crippen LogP contribution in [0.3, 0.4) is 0 Å². The smallest absolute Gasteiger partial charge is 0.345 e. The van der Waals surface area contributed by atoms with Crippen LogP contribution >= 0.6 is 0 Å². The fraction of sp³-hybridized carbons (Fsp3) is 0.387. The maximum absolute atomic E-state index is 14.1. The van der Waals surface area contributed by atoms with Crippen molar-refractivity contribution >= 4 is 5.91 Å². The second-order valence-corrected chi connectivity index (χ2v) is 11.6. The highest BCUT2D eigenvalue weighted by Gasteiger charge is 2.38. The van der Waals surface area contributed by atoms with Crippen LogP contribution in [0.15, 0.2) is 55.0 Å². The molecule has 42 heavy (non-hydrogen) atoms. The average Bonchev–Trinajstić information content (AvgIpc) is 3.60. The summed E-state index contributed by atoms with van der Waals surface area (Å²) in [6, 6.07) is 9.13. The Kier molecular flexibility index (Phi) is 7.87. The summed E-state index contributed by atoms with van der Waals surface area (Å²) in [6.07, 6.45) is 1.92. The lowest BCUT2D eigenvalue weighted by Gasteiger charge is -2.20. The number of halogens is 4. The van der Waals surface area contributed by atoms with Crippen molar-refractivity contribution in [3.63, 3.8) is 0 Å². The van der Waals surface area contributed by atoms with E-state index in [4.69, 9.17) is 5.41 Å². The molecular weight excluding hydrogens is 548 g/mol. The van der Waals surface area contributed by atoms with Crippen molar-refractivity contribution in [2.45, 2.75) is 58.9 Å². The molecule has 2 aromatic carbocycles. The van der Waals surface area contributed by atoms with Crippen molar-refractivity contribution < 1.29 is 22.4 Å². The Morgan fingerprint density at radius 3 is 2.48 bits per heavy atom. The van der Waals surface area contributed by atoms with Crippen LogP contribution in [-0.2, 0) is 26.3 Å². The highest BCUT2D eigenvalue weighted by Crippen LogP contribution is 2.42. The molecule has 1 fully saturated rings. The summed E-state index contributed by atoms with van der Waals surface area (Å²) in [5.74, 6) is -0.504. The minimum atomic E-state index is -4.70. The number of hydrogen-bond acceptors (Lipinski definition) is 3. The zero-order chi connectivity index (χ0) is 30.3. The van der Waals surface area contributed by atoms with Crippen LogP contribution in [0, 0.1) is 30.0 Å². The third-order valence-corrected chi connectivity index (χ3v) is 7.50. The fourth-order valence-electron chi connectivity index (χ4n) is 5.22. The number of benzene rings is 2. The maximum atomic E-state index is 14.1. The number of hydrogen-bond donors (Lipinski definition) is 2. The third-order valence-electron chi connectivity index (χ3n) is 7.50. The molecule has 2 aromatic heterocycles. The topological polar surface area (TPSA) is 80.6 Å². The van der Waals surface area contributed by atoms with Crippen LogP contribution in [0.2, 0.25) is 0 Å². The molecule has 0 bridgehead atoms. The van der Waals surface area contributed by atoms with Crippen LogP contribution in [0.4, 0.5) is 17.6 Å².